The average Bonchev–Trinajstić information content (AvgIpc) is 3.15. The zero-order valence-electron chi connectivity index (χ0n) is 13.6. The van der Waals surface area contributed by atoms with E-state index >= 15 is 0 Å². The molecule has 0 amide bonds. The zero-order valence-corrected chi connectivity index (χ0v) is 14.4. The van der Waals surface area contributed by atoms with Crippen molar-refractivity contribution >= 4 is 27.4 Å². The molecule has 4 rings (SSSR count). The van der Waals surface area contributed by atoms with Crippen LogP contribution >= 0.6 is 11.3 Å². The monoisotopic (exact) mass is 347 g/mol. The number of hydrogen-bond donors (Lipinski definition) is 1. The van der Waals surface area contributed by atoms with Crippen LogP contribution in [0, 0.1) is 0 Å². The van der Waals surface area contributed by atoms with E-state index in [1.807, 2.05) is 53.9 Å². The molecule has 0 atom stereocenters. The predicted octanol–water partition coefficient (Wildman–Crippen LogP) is 4.88. The summed E-state index contributed by atoms with van der Waals surface area (Å²) in [7, 11) is 0. The molecule has 5 heteroatoms. The number of hydrogen-bond acceptors (Lipinski definition) is 5. The summed E-state index contributed by atoms with van der Waals surface area (Å²) >= 11 is 1.62. The molecule has 0 aliphatic heterocycles. The highest BCUT2D eigenvalue weighted by Crippen LogP contribution is 2.24. The molecule has 0 aliphatic rings. The Hall–Kier alpha value is -2.92. The molecular formula is C20H17N3OS. The maximum Gasteiger partial charge on any atom is 0.138 e. The van der Waals surface area contributed by atoms with Crippen molar-refractivity contribution in [2.24, 2.45) is 0 Å². The quantitative estimate of drug-likeness (QED) is 0.540. The number of anilines is 1. The average molecular weight is 347 g/mol. The van der Waals surface area contributed by atoms with Crippen LogP contribution in [0.25, 0.3) is 10.2 Å². The van der Waals surface area contributed by atoms with E-state index in [1.54, 1.807) is 17.7 Å². The number of thiophene rings is 1. The van der Waals surface area contributed by atoms with Crippen LogP contribution in [0.2, 0.25) is 0 Å². The lowest BCUT2D eigenvalue weighted by Crippen LogP contribution is -2.06. The molecule has 4 nitrogen and oxygen atoms in total. The summed E-state index contributed by atoms with van der Waals surface area (Å²) in [5, 5.41) is 6.52. The van der Waals surface area contributed by atoms with Crippen LogP contribution in [-0.2, 0) is 13.2 Å². The first-order valence-corrected chi connectivity index (χ1v) is 8.95. The van der Waals surface area contributed by atoms with Gasteiger partial charge in [0.25, 0.3) is 0 Å². The Kier molecular flexibility index (Phi) is 4.57. The largest absolute Gasteiger partial charge is 0.489 e. The van der Waals surface area contributed by atoms with Crippen LogP contribution in [0.3, 0.4) is 0 Å². The first kappa shape index (κ1) is 15.6. The van der Waals surface area contributed by atoms with Gasteiger partial charge in [-0.15, -0.1) is 11.3 Å². The Labute approximate surface area is 150 Å². The molecule has 2 heterocycles. The number of benzene rings is 2. The summed E-state index contributed by atoms with van der Waals surface area (Å²) < 4.78 is 5.89. The lowest BCUT2D eigenvalue weighted by molar-refractivity contribution is 0.305. The third-order valence-corrected chi connectivity index (χ3v) is 4.78. The van der Waals surface area contributed by atoms with Crippen LogP contribution in [-0.4, -0.2) is 9.97 Å². The minimum Gasteiger partial charge on any atom is -0.489 e. The lowest BCUT2D eigenvalue weighted by Gasteiger charge is -2.12. The van der Waals surface area contributed by atoms with Gasteiger partial charge < -0.3 is 10.1 Å². The molecule has 2 aromatic carbocycles. The fourth-order valence-electron chi connectivity index (χ4n) is 2.66. The standard InChI is InChI=1S/C20H17N3OS/c1-2-8-17(9-3-1)24-13-16-7-5-4-6-15(16)12-21-19-18-10-11-25-20(18)23-14-22-19/h1-11,14H,12-13H2,(H,21,22,23). The summed E-state index contributed by atoms with van der Waals surface area (Å²) in [6, 6.07) is 20.2. The van der Waals surface area contributed by atoms with Gasteiger partial charge >= 0.3 is 0 Å². The number of ether oxygens (including phenoxy) is 1. The molecule has 0 saturated heterocycles. The van der Waals surface area contributed by atoms with E-state index < -0.39 is 0 Å². The molecule has 0 saturated carbocycles. The van der Waals surface area contributed by atoms with Gasteiger partial charge in [0.15, 0.2) is 0 Å². The first-order valence-electron chi connectivity index (χ1n) is 8.07. The van der Waals surface area contributed by atoms with Gasteiger partial charge in [-0.25, -0.2) is 9.97 Å². The first-order chi connectivity index (χ1) is 12.4. The van der Waals surface area contributed by atoms with Gasteiger partial charge in [0.2, 0.25) is 0 Å². The number of aromatic nitrogens is 2. The zero-order chi connectivity index (χ0) is 16.9. The highest BCUT2D eigenvalue weighted by Gasteiger charge is 2.07. The van der Waals surface area contributed by atoms with Crippen LogP contribution in [0.1, 0.15) is 11.1 Å². The Bertz CT molecular complexity index is 969. The van der Waals surface area contributed by atoms with Gasteiger partial charge in [-0.05, 0) is 34.7 Å². The Morgan fingerprint density at radius 1 is 0.880 bits per heavy atom. The molecule has 2 aromatic heterocycles. The molecule has 0 fully saturated rings. The van der Waals surface area contributed by atoms with Gasteiger partial charge in [0.05, 0.1) is 5.39 Å². The smallest absolute Gasteiger partial charge is 0.138 e. The lowest BCUT2D eigenvalue weighted by atomic mass is 10.1. The highest BCUT2D eigenvalue weighted by atomic mass is 32.1. The molecular weight excluding hydrogens is 330 g/mol. The van der Waals surface area contributed by atoms with Crippen molar-refractivity contribution in [3.8, 4) is 5.75 Å². The van der Waals surface area contributed by atoms with Crippen LogP contribution in [0.4, 0.5) is 5.82 Å². The predicted molar refractivity (Wildman–Crippen MR) is 102 cm³/mol. The molecule has 124 valence electrons. The van der Waals surface area contributed by atoms with Gasteiger partial charge in [-0.3, -0.25) is 0 Å². The summed E-state index contributed by atoms with van der Waals surface area (Å²) in [6.45, 7) is 1.23. The second-order valence-electron chi connectivity index (χ2n) is 5.59. The van der Waals surface area contributed by atoms with E-state index in [0.717, 1.165) is 27.3 Å². The van der Waals surface area contributed by atoms with Crippen LogP contribution in [0.5, 0.6) is 5.75 Å². The minimum absolute atomic E-state index is 0.541. The van der Waals surface area contributed by atoms with Crippen LogP contribution in [0.15, 0.2) is 72.4 Å². The topological polar surface area (TPSA) is 47.0 Å². The summed E-state index contributed by atoms with van der Waals surface area (Å²) in [5.74, 6) is 1.74. The number of rotatable bonds is 6. The van der Waals surface area contributed by atoms with E-state index in [-0.39, 0.29) is 0 Å². The fraction of sp³-hybridized carbons (Fsp3) is 0.100. The summed E-state index contributed by atoms with van der Waals surface area (Å²) in [4.78, 5) is 9.65. The van der Waals surface area contributed by atoms with Crippen molar-refractivity contribution in [2.45, 2.75) is 13.2 Å². The SMILES string of the molecule is c1ccc(OCc2ccccc2CNc2ncnc3sccc23)cc1. The molecule has 1 N–H and O–H groups in total. The molecule has 0 unspecified atom stereocenters. The van der Waals surface area contributed by atoms with Gasteiger partial charge in [-0.1, -0.05) is 42.5 Å². The third kappa shape index (κ3) is 3.61. The second kappa shape index (κ2) is 7.32. The Morgan fingerprint density at radius 2 is 1.68 bits per heavy atom. The van der Waals surface area contributed by atoms with E-state index in [2.05, 4.69) is 27.4 Å². The van der Waals surface area contributed by atoms with Crippen molar-refractivity contribution in [1.82, 2.24) is 9.97 Å². The summed E-state index contributed by atoms with van der Waals surface area (Å²) in [5.41, 5.74) is 2.36. The highest BCUT2D eigenvalue weighted by molar-refractivity contribution is 7.16. The Balaban J connectivity index is 1.48. The van der Waals surface area contributed by atoms with Gasteiger partial charge in [-0.2, -0.15) is 0 Å². The van der Waals surface area contributed by atoms with Crippen molar-refractivity contribution < 1.29 is 4.74 Å². The summed E-state index contributed by atoms with van der Waals surface area (Å²) in [6.07, 6.45) is 1.60. The molecule has 0 radical (unpaired) electrons. The van der Waals surface area contributed by atoms with Crippen molar-refractivity contribution in [3.63, 3.8) is 0 Å². The number of para-hydroxylation sites is 1. The molecule has 4 aromatic rings. The number of nitrogens with zero attached hydrogens (tertiary/aromatic N) is 2. The maximum absolute atomic E-state index is 5.89. The van der Waals surface area contributed by atoms with E-state index in [0.29, 0.717) is 13.2 Å². The minimum atomic E-state index is 0.541. The van der Waals surface area contributed by atoms with Crippen molar-refractivity contribution in [3.05, 3.63) is 83.5 Å². The van der Waals surface area contributed by atoms with Gasteiger partial charge in [0.1, 0.15) is 29.3 Å². The normalized spacial score (nSPS) is 10.7. The maximum atomic E-state index is 5.89. The van der Waals surface area contributed by atoms with Gasteiger partial charge in [0, 0.05) is 6.54 Å². The second-order valence-corrected chi connectivity index (χ2v) is 6.48. The number of fused-ring (bicyclic) bond motifs is 1. The molecule has 25 heavy (non-hydrogen) atoms. The Morgan fingerprint density at radius 3 is 2.56 bits per heavy atom. The van der Waals surface area contributed by atoms with E-state index in [1.165, 1.54) is 5.56 Å². The van der Waals surface area contributed by atoms with E-state index in [9.17, 15) is 0 Å². The van der Waals surface area contributed by atoms with Crippen LogP contribution < -0.4 is 10.1 Å². The van der Waals surface area contributed by atoms with Crippen molar-refractivity contribution in [1.29, 1.82) is 0 Å². The number of nitrogens with one attached hydrogen (secondary N) is 1. The molecule has 0 aliphatic carbocycles. The van der Waals surface area contributed by atoms with Crippen molar-refractivity contribution in [2.75, 3.05) is 5.32 Å². The van der Waals surface area contributed by atoms with E-state index in [4.69, 9.17) is 4.74 Å². The molecule has 0 bridgehead atoms. The third-order valence-electron chi connectivity index (χ3n) is 3.96. The molecule has 0 spiro atoms. The fourth-order valence-corrected chi connectivity index (χ4v) is 3.39.